The maximum absolute atomic E-state index is 12.1. The molecule has 0 heterocycles. The predicted molar refractivity (Wildman–Crippen MR) is 70.8 cm³/mol. The summed E-state index contributed by atoms with van der Waals surface area (Å²) in [5.74, 6) is 0.149. The van der Waals surface area contributed by atoms with Gasteiger partial charge in [-0.2, -0.15) is 0 Å². The van der Waals surface area contributed by atoms with E-state index in [0.29, 0.717) is 19.5 Å². The first kappa shape index (κ1) is 13.7. The summed E-state index contributed by atoms with van der Waals surface area (Å²) in [6.07, 6.45) is 0.458. The van der Waals surface area contributed by atoms with Crippen LogP contribution < -0.4 is 5.73 Å². The molecule has 0 aliphatic rings. The van der Waals surface area contributed by atoms with Gasteiger partial charge in [-0.3, -0.25) is 4.79 Å². The lowest BCUT2D eigenvalue weighted by molar-refractivity contribution is -0.132. The molecule has 3 heteroatoms. The average Bonchev–Trinajstić information content (AvgIpc) is 2.25. The van der Waals surface area contributed by atoms with Gasteiger partial charge in [0.25, 0.3) is 0 Å². The topological polar surface area (TPSA) is 46.3 Å². The third-order valence-electron chi connectivity index (χ3n) is 2.75. The molecule has 0 bridgehead atoms. The lowest BCUT2D eigenvalue weighted by atomic mass is 10.1. The Hall–Kier alpha value is -1.35. The lowest BCUT2D eigenvalue weighted by Crippen LogP contribution is -2.41. The highest BCUT2D eigenvalue weighted by atomic mass is 16.2. The zero-order valence-corrected chi connectivity index (χ0v) is 10.9. The number of rotatable bonds is 5. The fourth-order valence-electron chi connectivity index (χ4n) is 1.91. The summed E-state index contributed by atoms with van der Waals surface area (Å²) in [5.41, 5.74) is 7.78. The van der Waals surface area contributed by atoms with Crippen LogP contribution >= 0.6 is 0 Å². The summed E-state index contributed by atoms with van der Waals surface area (Å²) in [5, 5.41) is 0. The molecule has 1 aromatic carbocycles. The number of nitrogens with zero attached hydrogens (tertiary/aromatic N) is 1. The van der Waals surface area contributed by atoms with Gasteiger partial charge < -0.3 is 10.6 Å². The van der Waals surface area contributed by atoms with Gasteiger partial charge in [-0.05, 0) is 26.3 Å². The number of benzene rings is 1. The number of nitrogens with two attached hydrogens (primary N) is 1. The second-order valence-electron chi connectivity index (χ2n) is 4.64. The van der Waals surface area contributed by atoms with Crippen molar-refractivity contribution in [3.05, 3.63) is 35.4 Å². The van der Waals surface area contributed by atoms with E-state index in [-0.39, 0.29) is 11.9 Å². The molecule has 2 N–H and O–H groups in total. The van der Waals surface area contributed by atoms with E-state index in [4.69, 9.17) is 5.73 Å². The van der Waals surface area contributed by atoms with Crippen LogP contribution in [0.1, 0.15) is 25.0 Å². The molecule has 0 radical (unpaired) electrons. The number of carbonyl (C=O) groups excluding carboxylic acids is 1. The maximum atomic E-state index is 12.1. The van der Waals surface area contributed by atoms with E-state index in [2.05, 4.69) is 6.07 Å². The van der Waals surface area contributed by atoms with Crippen LogP contribution in [0.3, 0.4) is 0 Å². The summed E-state index contributed by atoms with van der Waals surface area (Å²) in [4.78, 5) is 14.0. The van der Waals surface area contributed by atoms with Crippen LogP contribution in [-0.2, 0) is 11.2 Å². The fraction of sp³-hybridized carbons (Fsp3) is 0.500. The number of amides is 1. The first-order valence-corrected chi connectivity index (χ1v) is 6.09. The van der Waals surface area contributed by atoms with Crippen LogP contribution in [0.2, 0.25) is 0 Å². The SMILES string of the molecule is Cc1cccc(CC(=O)N(CCN)C(C)C)c1. The largest absolute Gasteiger partial charge is 0.339 e. The minimum atomic E-state index is 0.149. The van der Waals surface area contributed by atoms with E-state index in [9.17, 15) is 4.79 Å². The van der Waals surface area contributed by atoms with Crippen molar-refractivity contribution in [3.63, 3.8) is 0 Å². The molecule has 3 nitrogen and oxygen atoms in total. The Balaban J connectivity index is 2.69. The van der Waals surface area contributed by atoms with Crippen LogP contribution in [-0.4, -0.2) is 29.9 Å². The number of hydrogen-bond donors (Lipinski definition) is 1. The summed E-state index contributed by atoms with van der Waals surface area (Å²) in [6.45, 7) is 7.21. The smallest absolute Gasteiger partial charge is 0.227 e. The minimum absolute atomic E-state index is 0.149. The van der Waals surface area contributed by atoms with Crippen molar-refractivity contribution in [1.29, 1.82) is 0 Å². The predicted octanol–water partition coefficient (Wildman–Crippen LogP) is 1.73. The first-order chi connectivity index (χ1) is 8.04. The third-order valence-corrected chi connectivity index (χ3v) is 2.75. The van der Waals surface area contributed by atoms with E-state index in [0.717, 1.165) is 5.56 Å². The highest BCUT2D eigenvalue weighted by Gasteiger charge is 2.16. The molecular weight excluding hydrogens is 212 g/mol. The third kappa shape index (κ3) is 4.19. The molecule has 0 saturated heterocycles. The highest BCUT2D eigenvalue weighted by Crippen LogP contribution is 2.08. The van der Waals surface area contributed by atoms with Crippen molar-refractivity contribution in [2.45, 2.75) is 33.2 Å². The van der Waals surface area contributed by atoms with E-state index in [1.807, 2.05) is 43.9 Å². The Labute approximate surface area is 104 Å². The molecule has 0 fully saturated rings. The van der Waals surface area contributed by atoms with Crippen LogP contribution in [0.25, 0.3) is 0 Å². The normalized spacial score (nSPS) is 10.6. The summed E-state index contributed by atoms with van der Waals surface area (Å²) < 4.78 is 0. The van der Waals surface area contributed by atoms with Gasteiger partial charge in [-0.25, -0.2) is 0 Å². The maximum Gasteiger partial charge on any atom is 0.227 e. The lowest BCUT2D eigenvalue weighted by Gasteiger charge is -2.26. The Morgan fingerprint density at radius 2 is 2.12 bits per heavy atom. The molecule has 17 heavy (non-hydrogen) atoms. The van der Waals surface area contributed by atoms with E-state index in [1.54, 1.807) is 0 Å². The molecule has 1 aromatic rings. The number of carbonyl (C=O) groups is 1. The van der Waals surface area contributed by atoms with Crippen molar-refractivity contribution in [2.24, 2.45) is 5.73 Å². The monoisotopic (exact) mass is 234 g/mol. The Morgan fingerprint density at radius 3 is 2.65 bits per heavy atom. The molecule has 0 aliphatic heterocycles. The Kier molecular flexibility index (Phi) is 5.16. The van der Waals surface area contributed by atoms with Crippen molar-refractivity contribution < 1.29 is 4.79 Å². The van der Waals surface area contributed by atoms with Crippen LogP contribution in [0.4, 0.5) is 0 Å². The minimum Gasteiger partial charge on any atom is -0.339 e. The summed E-state index contributed by atoms with van der Waals surface area (Å²) in [6, 6.07) is 8.27. The molecule has 1 amide bonds. The second kappa shape index (κ2) is 6.40. The summed E-state index contributed by atoms with van der Waals surface area (Å²) in [7, 11) is 0. The second-order valence-corrected chi connectivity index (χ2v) is 4.64. The Bertz CT molecular complexity index is 374. The van der Waals surface area contributed by atoms with Gasteiger partial charge in [-0.1, -0.05) is 29.8 Å². The molecule has 0 saturated carbocycles. The van der Waals surface area contributed by atoms with Gasteiger partial charge in [0.1, 0.15) is 0 Å². The number of aryl methyl sites for hydroxylation is 1. The van der Waals surface area contributed by atoms with E-state index < -0.39 is 0 Å². The van der Waals surface area contributed by atoms with Gasteiger partial charge in [0, 0.05) is 19.1 Å². The van der Waals surface area contributed by atoms with Gasteiger partial charge >= 0.3 is 0 Å². The number of hydrogen-bond acceptors (Lipinski definition) is 2. The average molecular weight is 234 g/mol. The Morgan fingerprint density at radius 1 is 1.41 bits per heavy atom. The van der Waals surface area contributed by atoms with Gasteiger partial charge in [0.15, 0.2) is 0 Å². The van der Waals surface area contributed by atoms with Crippen LogP contribution in [0.15, 0.2) is 24.3 Å². The molecule has 94 valence electrons. The van der Waals surface area contributed by atoms with Gasteiger partial charge in [-0.15, -0.1) is 0 Å². The van der Waals surface area contributed by atoms with Crippen molar-refractivity contribution in [3.8, 4) is 0 Å². The molecule has 0 spiro atoms. The quantitative estimate of drug-likeness (QED) is 0.843. The fourth-order valence-corrected chi connectivity index (χ4v) is 1.91. The van der Waals surface area contributed by atoms with E-state index >= 15 is 0 Å². The zero-order chi connectivity index (χ0) is 12.8. The zero-order valence-electron chi connectivity index (χ0n) is 10.9. The van der Waals surface area contributed by atoms with Crippen molar-refractivity contribution >= 4 is 5.91 Å². The first-order valence-electron chi connectivity index (χ1n) is 6.09. The molecule has 0 aliphatic carbocycles. The molecule has 0 atom stereocenters. The van der Waals surface area contributed by atoms with Crippen LogP contribution in [0, 0.1) is 6.92 Å². The highest BCUT2D eigenvalue weighted by molar-refractivity contribution is 5.79. The molecular formula is C14H22N2O. The molecule has 0 aromatic heterocycles. The van der Waals surface area contributed by atoms with Crippen molar-refractivity contribution in [2.75, 3.05) is 13.1 Å². The molecule has 1 rings (SSSR count). The van der Waals surface area contributed by atoms with E-state index in [1.165, 1.54) is 5.56 Å². The summed E-state index contributed by atoms with van der Waals surface area (Å²) >= 11 is 0. The van der Waals surface area contributed by atoms with Gasteiger partial charge in [0.2, 0.25) is 5.91 Å². The van der Waals surface area contributed by atoms with Crippen LogP contribution in [0.5, 0.6) is 0 Å². The standard InChI is InChI=1S/C14H22N2O/c1-11(2)16(8-7-15)14(17)10-13-6-4-5-12(3)9-13/h4-6,9,11H,7-8,10,15H2,1-3H3. The molecule has 0 unspecified atom stereocenters. The van der Waals surface area contributed by atoms with Gasteiger partial charge in [0.05, 0.1) is 6.42 Å². The van der Waals surface area contributed by atoms with Crippen molar-refractivity contribution in [1.82, 2.24) is 4.90 Å².